The Bertz CT molecular complexity index is 8230. The van der Waals surface area contributed by atoms with E-state index in [4.69, 9.17) is 24.9 Å². The predicted molar refractivity (Wildman–Crippen MR) is 592 cm³/mol. The van der Waals surface area contributed by atoms with Crippen molar-refractivity contribution in [1.82, 2.24) is 85.9 Å². The van der Waals surface area contributed by atoms with Crippen LogP contribution in [0.25, 0.3) is 124 Å². The molecule has 0 bridgehead atoms. The number of aryl methyl sites for hydroxylation is 1. The van der Waals surface area contributed by atoms with Gasteiger partial charge in [-0.05, 0) is 243 Å². The van der Waals surface area contributed by atoms with Crippen LogP contribution in [0.1, 0.15) is 273 Å². The van der Waals surface area contributed by atoms with Gasteiger partial charge in [0.2, 0.25) is 11.1 Å². The number of ketones is 1. The molecule has 25 nitrogen and oxygen atoms in total. The second-order valence-electron chi connectivity index (χ2n) is 40.3. The molecule has 148 heavy (non-hydrogen) atoms. The standard InChI is InChI=1S/C22H20N2O2.C22H24N2O.C21H21N3O3.C21H22N2O.C19H19N3O.C18H17N5/c1-13(2)22-17(15-4-3-14-5-8-20(25)18(14)11-15)6-7-19(24-22)16-9-10-23-21(26)12-16;1-14(2)21-19(10-9-16(24-21)11-12-22(4,5)25)18-8-6-7-17-15(3)23-13-20(17)18;1-12(2)17-15(9-8-13(22-17)10-11-21(3,4)27)14-6-5-7-16-18(14)23-20(26)24-19(16)25;1-14(2)20-18(9-8-17(23-20)10-11-21(3,4)24)16-12-15-6-5-7-19(15)22-13-16;1-12(2)19-16(14-6-8-20-13(3)10-14)4-5-17(22-19)15-7-9-21-18(23)11-15;1-11(2)18-14(6-7-16(21-18)17-10-20-23-22-17)13-8-12-4-3-5-15(12)19-9-13/h3-4,6-7,9-13H,5,8H2,1-2H3,(H,23,26);6-10,14,23,25H,3,13H2,1-2,4-5H3;5-9,12,27H,1-4H3,(H2,23,24,25,26);5-6,8-9,12-14,24H,7H2,1-4H3;4-12,20H,3H2,1-2H3,(H,21,23);3-4,6-11H,5H2,1-2H3,(H,20,22,23). The van der Waals surface area contributed by atoms with E-state index in [0.29, 0.717) is 40.3 Å². The maximum atomic E-state index is 12.1. The van der Waals surface area contributed by atoms with E-state index < -0.39 is 28.1 Å². The zero-order valence-electron chi connectivity index (χ0n) is 86.8. The van der Waals surface area contributed by atoms with Crippen LogP contribution in [0.15, 0.2) is 263 Å². The van der Waals surface area contributed by atoms with Gasteiger partial charge in [-0.25, -0.2) is 19.7 Å². The number of H-pyrrole nitrogens is 5. The first-order valence-corrected chi connectivity index (χ1v) is 49.7. The number of aromatic amines is 5. The number of benzene rings is 3. The van der Waals surface area contributed by atoms with Gasteiger partial charge in [0.05, 0.1) is 79.7 Å². The van der Waals surface area contributed by atoms with Crippen LogP contribution in [0.3, 0.4) is 0 Å². The Morgan fingerprint density at radius 1 is 0.405 bits per heavy atom. The van der Waals surface area contributed by atoms with Crippen molar-refractivity contribution >= 4 is 40.1 Å². The van der Waals surface area contributed by atoms with Gasteiger partial charge in [-0.2, -0.15) is 15.4 Å². The Balaban J connectivity index is 0.000000133. The number of fused-ring (bicyclic) bond motifs is 5. The van der Waals surface area contributed by atoms with Crippen molar-refractivity contribution in [3.63, 3.8) is 0 Å². The Labute approximate surface area is 862 Å². The summed E-state index contributed by atoms with van der Waals surface area (Å²) in [7, 11) is 0. The van der Waals surface area contributed by atoms with Crippen molar-refractivity contribution < 1.29 is 20.1 Å². The molecule has 5 aliphatic rings. The van der Waals surface area contributed by atoms with Crippen LogP contribution in [0.4, 0.5) is 0 Å². The van der Waals surface area contributed by atoms with Crippen molar-refractivity contribution in [1.29, 1.82) is 0 Å². The molecular weight excluding hydrogens is 1840 g/mol. The molecule has 0 saturated heterocycles. The summed E-state index contributed by atoms with van der Waals surface area (Å²) in [4.78, 5) is 107. The van der Waals surface area contributed by atoms with E-state index in [1.165, 1.54) is 27.8 Å². The molecule has 0 fully saturated rings. The highest BCUT2D eigenvalue weighted by Gasteiger charge is 2.27. The van der Waals surface area contributed by atoms with Crippen LogP contribution < -0.4 is 33.0 Å². The zero-order valence-corrected chi connectivity index (χ0v) is 86.8. The lowest BCUT2D eigenvalue weighted by molar-refractivity contribution is 0.0994. The lowest BCUT2D eigenvalue weighted by Gasteiger charge is -2.17. The summed E-state index contributed by atoms with van der Waals surface area (Å²) in [6.45, 7) is 44.0. The highest BCUT2D eigenvalue weighted by atomic mass is 16.3. The summed E-state index contributed by atoms with van der Waals surface area (Å²) in [6, 6.07) is 52.7. The number of allylic oxidation sites excluding steroid dienone is 5. The maximum absolute atomic E-state index is 12.1. The van der Waals surface area contributed by atoms with Gasteiger partial charge in [-0.3, -0.25) is 49.1 Å². The smallest absolute Gasteiger partial charge is 0.326 e. The highest BCUT2D eigenvalue weighted by molar-refractivity contribution is 6.02. The summed E-state index contributed by atoms with van der Waals surface area (Å²) in [5.41, 5.74) is 32.1. The van der Waals surface area contributed by atoms with Gasteiger partial charge in [-0.15, -0.1) is 0 Å². The maximum Gasteiger partial charge on any atom is 0.326 e. The molecule has 748 valence electrons. The van der Waals surface area contributed by atoms with Gasteiger partial charge in [-0.1, -0.05) is 199 Å². The minimum atomic E-state index is -1.10. The SMILES string of the molecule is C=C1C=C(c2ccc(-c3cc[nH]c(=O)c3)nc2C(C)C)C=CN1.C=C1NCc2c1cccc2-c1ccc(C#CC(C)(C)O)nc1C(C)C.CC(C)c1nc(-c2cc[nH]c(=O)c2)ccc1-c1ccc2c(c1)C(=O)CC2.CC(C)c1nc(-c2cn[nH]n2)ccc1-c1cnc2c(c1)C=CC2.CC(C)c1nc(C#CC(C)(C)O)ccc1-c1cccc2c(=O)[nH]c(=O)[nH]c12.CC(C)c1nc(C#CC(C)(C)O)ccc1-c1cnc2c(c1)C=CC2. The normalized spacial score (nSPS) is 12.9. The molecule has 12 aromatic heterocycles. The third-order valence-electron chi connectivity index (χ3n) is 24.8. The molecule has 14 heterocycles. The molecule has 0 atom stereocenters. The molecule has 3 aromatic carbocycles. The molecule has 0 amide bonds. The van der Waals surface area contributed by atoms with Crippen molar-refractivity contribution in [2.75, 3.05) is 0 Å². The fourth-order valence-corrected chi connectivity index (χ4v) is 17.6. The van der Waals surface area contributed by atoms with E-state index in [2.05, 4.69) is 270 Å². The Morgan fingerprint density at radius 3 is 1.36 bits per heavy atom. The van der Waals surface area contributed by atoms with Gasteiger partial charge >= 0.3 is 5.69 Å². The van der Waals surface area contributed by atoms with Crippen LogP contribution in [-0.2, 0) is 25.8 Å². The molecule has 15 aromatic rings. The number of nitrogens with one attached hydrogen (secondary N) is 7. The first-order chi connectivity index (χ1) is 70.5. The average Bonchev–Trinajstić information content (AvgIpc) is 1.06. The predicted octanol–water partition coefficient (Wildman–Crippen LogP) is 22.1. The monoisotopic (exact) mass is 1970 g/mol. The summed E-state index contributed by atoms with van der Waals surface area (Å²) in [6.07, 6.45) is 26.6. The number of nitrogens with zero attached hydrogens (tertiary/aromatic N) is 10. The lowest BCUT2D eigenvalue weighted by atomic mass is 9.92. The number of hydrogen-bond acceptors (Lipinski definition) is 20. The highest BCUT2D eigenvalue weighted by Crippen LogP contribution is 2.41. The topological polar surface area (TPSA) is 378 Å². The fraction of sp³-hybridized carbons (Fsp3) is 0.260. The second-order valence-corrected chi connectivity index (χ2v) is 40.3. The van der Waals surface area contributed by atoms with Crippen LogP contribution in [-0.4, -0.2) is 113 Å². The largest absolute Gasteiger partial charge is 0.381 e. The molecular formula is C123H123N17O8. The third kappa shape index (κ3) is 26.1. The number of pyridine rings is 10. The van der Waals surface area contributed by atoms with Crippen LogP contribution in [0.2, 0.25) is 0 Å². The van der Waals surface area contributed by atoms with Gasteiger partial charge in [0.15, 0.2) is 5.78 Å². The molecule has 2 aliphatic heterocycles. The quantitative estimate of drug-likeness (QED) is 0.0426. The Morgan fingerprint density at radius 2 is 0.858 bits per heavy atom. The van der Waals surface area contributed by atoms with E-state index in [0.717, 1.165) is 189 Å². The zero-order chi connectivity index (χ0) is 106. The van der Waals surface area contributed by atoms with Crippen LogP contribution in [0, 0.1) is 35.5 Å². The summed E-state index contributed by atoms with van der Waals surface area (Å²) < 4.78 is 0. The van der Waals surface area contributed by atoms with Crippen LogP contribution >= 0.6 is 0 Å². The number of Topliss-reactive ketones (excluding diaryl/α,β-unsaturated/α-hetero) is 1. The molecule has 0 radical (unpaired) electrons. The van der Waals surface area contributed by atoms with E-state index in [-0.39, 0.29) is 46.5 Å². The second kappa shape index (κ2) is 45.6. The lowest BCUT2D eigenvalue weighted by Crippen LogP contribution is -2.22. The Kier molecular flexibility index (Phi) is 32.5. The molecule has 20 rings (SSSR count). The fourth-order valence-electron chi connectivity index (χ4n) is 17.6. The summed E-state index contributed by atoms with van der Waals surface area (Å²) >= 11 is 0. The van der Waals surface area contributed by atoms with E-state index in [1.807, 2.05) is 111 Å². The van der Waals surface area contributed by atoms with Gasteiger partial charge in [0, 0.05) is 153 Å². The molecule has 0 saturated carbocycles. The number of para-hydroxylation sites is 1. The first kappa shape index (κ1) is 105. The van der Waals surface area contributed by atoms with E-state index >= 15 is 0 Å². The van der Waals surface area contributed by atoms with E-state index in [9.17, 15) is 39.3 Å². The number of aromatic nitrogens is 15. The van der Waals surface area contributed by atoms with Crippen molar-refractivity contribution in [3.8, 4) is 125 Å². The number of aliphatic hydroxyl groups is 3. The third-order valence-corrected chi connectivity index (χ3v) is 24.8. The molecule has 0 spiro atoms. The molecule has 0 unspecified atom stereocenters. The number of rotatable bonds is 15. The Hall–Kier alpha value is -16.9. The summed E-state index contributed by atoms with van der Waals surface area (Å²) in [5, 5.41) is 46.8. The van der Waals surface area contributed by atoms with Gasteiger partial charge < -0.3 is 40.9 Å². The van der Waals surface area contributed by atoms with Gasteiger partial charge in [0.25, 0.3) is 5.56 Å². The van der Waals surface area contributed by atoms with E-state index in [1.54, 1.807) is 90.5 Å². The number of carbonyl (C=O) groups excluding carboxylic acids is 1. The minimum absolute atomic E-state index is 0.0906. The summed E-state index contributed by atoms with van der Waals surface area (Å²) in [5.74, 6) is 18.9. The minimum Gasteiger partial charge on any atom is -0.381 e. The average molecular weight is 1970 g/mol. The van der Waals surface area contributed by atoms with Crippen molar-refractivity contribution in [2.24, 2.45) is 0 Å². The van der Waals surface area contributed by atoms with Crippen LogP contribution in [0.5, 0.6) is 0 Å². The molecule has 25 heteroatoms. The van der Waals surface area contributed by atoms with Crippen molar-refractivity contribution in [3.05, 3.63) is 387 Å². The van der Waals surface area contributed by atoms with Gasteiger partial charge in [0.1, 0.15) is 39.6 Å². The molecule has 3 aliphatic carbocycles. The first-order valence-electron chi connectivity index (χ1n) is 49.7. The number of hydrogen-bond donors (Lipinski definition) is 10. The van der Waals surface area contributed by atoms with Crippen molar-refractivity contribution in [2.45, 2.75) is 209 Å². The number of dihydropyridines is 1. The number of carbonyl (C=O) groups is 1. The molecule has 10 N–H and O–H groups in total.